The predicted molar refractivity (Wildman–Crippen MR) is 110 cm³/mol. The molecule has 1 fully saturated rings. The number of hydrogen-bond acceptors (Lipinski definition) is 4. The molecule has 1 saturated heterocycles. The van der Waals surface area contributed by atoms with E-state index in [1.807, 2.05) is 46.3 Å². The van der Waals surface area contributed by atoms with Crippen LogP contribution in [0.3, 0.4) is 0 Å². The Morgan fingerprint density at radius 1 is 1.21 bits per heavy atom. The molecule has 29 heavy (non-hydrogen) atoms. The van der Waals surface area contributed by atoms with Crippen LogP contribution in [0, 0.1) is 0 Å². The van der Waals surface area contributed by atoms with Crippen molar-refractivity contribution in [2.75, 3.05) is 13.1 Å². The molecule has 5 rings (SSSR count). The van der Waals surface area contributed by atoms with E-state index in [4.69, 9.17) is 4.98 Å². The number of aromatic nitrogens is 5. The number of piperidine rings is 1. The van der Waals surface area contributed by atoms with Crippen LogP contribution in [0.4, 0.5) is 0 Å². The summed E-state index contributed by atoms with van der Waals surface area (Å²) in [6, 6.07) is 8.10. The number of nitrogens with zero attached hydrogens (tertiary/aromatic N) is 5. The van der Waals surface area contributed by atoms with Gasteiger partial charge in [-0.05, 0) is 24.5 Å². The Morgan fingerprint density at radius 2 is 2.14 bits per heavy atom. The van der Waals surface area contributed by atoms with Gasteiger partial charge in [0.05, 0.1) is 18.3 Å². The summed E-state index contributed by atoms with van der Waals surface area (Å²) < 4.78 is 1.85. The van der Waals surface area contributed by atoms with E-state index in [2.05, 4.69) is 21.0 Å². The molecule has 1 N–H and O–H groups in total. The van der Waals surface area contributed by atoms with Crippen LogP contribution in [0.15, 0.2) is 61.6 Å². The van der Waals surface area contributed by atoms with Gasteiger partial charge in [-0.1, -0.05) is 18.2 Å². The van der Waals surface area contributed by atoms with Crippen LogP contribution in [0.1, 0.15) is 30.0 Å². The number of likely N-dealkylation sites (tertiary alicyclic amines) is 1. The Morgan fingerprint density at radius 3 is 3.03 bits per heavy atom. The molecule has 1 atom stereocenters. The molecule has 0 aliphatic carbocycles. The molecule has 7 nitrogen and oxygen atoms in total. The third-order valence-electron chi connectivity index (χ3n) is 5.62. The van der Waals surface area contributed by atoms with Crippen molar-refractivity contribution in [3.05, 3.63) is 72.8 Å². The van der Waals surface area contributed by atoms with Crippen molar-refractivity contribution in [2.24, 2.45) is 0 Å². The number of fused-ring (bicyclic) bond motifs is 1. The quantitative estimate of drug-likeness (QED) is 0.584. The molecule has 4 aromatic rings. The third-order valence-corrected chi connectivity index (χ3v) is 5.62. The molecular weight excluding hydrogens is 364 g/mol. The van der Waals surface area contributed by atoms with E-state index in [0.29, 0.717) is 13.0 Å². The number of rotatable bonds is 4. The van der Waals surface area contributed by atoms with Crippen molar-refractivity contribution in [3.63, 3.8) is 0 Å². The van der Waals surface area contributed by atoms with Crippen LogP contribution in [0.25, 0.3) is 16.7 Å². The van der Waals surface area contributed by atoms with Crippen molar-refractivity contribution in [1.29, 1.82) is 0 Å². The molecule has 1 unspecified atom stereocenters. The first-order valence-electron chi connectivity index (χ1n) is 9.91. The van der Waals surface area contributed by atoms with E-state index >= 15 is 0 Å². The van der Waals surface area contributed by atoms with E-state index in [-0.39, 0.29) is 11.8 Å². The highest BCUT2D eigenvalue weighted by atomic mass is 16.2. The van der Waals surface area contributed by atoms with Gasteiger partial charge in [0.2, 0.25) is 5.91 Å². The second-order valence-corrected chi connectivity index (χ2v) is 7.49. The van der Waals surface area contributed by atoms with Crippen LogP contribution in [0.2, 0.25) is 0 Å². The summed E-state index contributed by atoms with van der Waals surface area (Å²) >= 11 is 0. The van der Waals surface area contributed by atoms with E-state index in [1.165, 1.54) is 0 Å². The van der Waals surface area contributed by atoms with Gasteiger partial charge in [-0.3, -0.25) is 14.3 Å². The maximum atomic E-state index is 13.0. The lowest BCUT2D eigenvalue weighted by Gasteiger charge is -2.32. The van der Waals surface area contributed by atoms with Crippen molar-refractivity contribution < 1.29 is 4.79 Å². The maximum absolute atomic E-state index is 13.0. The number of amides is 1. The fourth-order valence-corrected chi connectivity index (χ4v) is 4.08. The van der Waals surface area contributed by atoms with Gasteiger partial charge in [-0.2, -0.15) is 0 Å². The normalized spacial score (nSPS) is 17.0. The third kappa shape index (κ3) is 3.51. The summed E-state index contributed by atoms with van der Waals surface area (Å²) in [5, 5.41) is 1.12. The molecule has 0 spiro atoms. The van der Waals surface area contributed by atoms with Crippen LogP contribution >= 0.6 is 0 Å². The molecular formula is C22H22N6O. The summed E-state index contributed by atoms with van der Waals surface area (Å²) in [5.74, 6) is 1.12. The fourth-order valence-electron chi connectivity index (χ4n) is 4.08. The summed E-state index contributed by atoms with van der Waals surface area (Å²) in [4.78, 5) is 31.4. The number of carbonyl (C=O) groups is 1. The fraction of sp³-hybridized carbons (Fsp3) is 0.273. The van der Waals surface area contributed by atoms with Gasteiger partial charge in [0.25, 0.3) is 0 Å². The van der Waals surface area contributed by atoms with Crippen molar-refractivity contribution in [3.8, 4) is 5.82 Å². The number of carbonyl (C=O) groups excluding carboxylic acids is 1. The van der Waals surface area contributed by atoms with Gasteiger partial charge < -0.3 is 9.88 Å². The second-order valence-electron chi connectivity index (χ2n) is 7.49. The smallest absolute Gasteiger partial charge is 0.227 e. The standard InChI is InChI=1S/C22H22N6O/c29-22(10-17-11-25-19-6-2-1-5-18(17)19)27-8-3-4-16(14-27)20-12-24-13-21(26-20)28-9-7-23-15-28/h1-2,5-7,9,11-13,15-16,25H,3-4,8,10,14H2. The van der Waals surface area contributed by atoms with Crippen LogP contribution < -0.4 is 0 Å². The molecule has 1 amide bonds. The number of nitrogens with one attached hydrogen (secondary N) is 1. The summed E-state index contributed by atoms with van der Waals surface area (Å²) in [6.45, 7) is 1.48. The molecule has 1 aliphatic heterocycles. The molecule has 1 aliphatic rings. The topological polar surface area (TPSA) is 79.7 Å². The van der Waals surface area contributed by atoms with Gasteiger partial charge in [-0.25, -0.2) is 9.97 Å². The van der Waals surface area contributed by atoms with Gasteiger partial charge in [0, 0.05) is 54.7 Å². The molecule has 0 radical (unpaired) electrons. The molecule has 7 heteroatoms. The molecule has 4 heterocycles. The van der Waals surface area contributed by atoms with Gasteiger partial charge in [-0.15, -0.1) is 0 Å². The number of benzene rings is 1. The average Bonchev–Trinajstić information content (AvgIpc) is 3.45. The minimum absolute atomic E-state index is 0.165. The molecule has 0 bridgehead atoms. The number of aromatic amines is 1. The van der Waals surface area contributed by atoms with E-state index < -0.39 is 0 Å². The van der Waals surface area contributed by atoms with E-state index in [1.54, 1.807) is 18.7 Å². The lowest BCUT2D eigenvalue weighted by Crippen LogP contribution is -2.40. The Labute approximate surface area is 168 Å². The highest BCUT2D eigenvalue weighted by Crippen LogP contribution is 2.27. The first-order valence-corrected chi connectivity index (χ1v) is 9.91. The average molecular weight is 386 g/mol. The van der Waals surface area contributed by atoms with Gasteiger partial charge in [0.1, 0.15) is 6.33 Å². The molecule has 146 valence electrons. The Balaban J connectivity index is 1.32. The minimum atomic E-state index is 0.165. The van der Waals surface area contributed by atoms with Crippen molar-refractivity contribution in [2.45, 2.75) is 25.2 Å². The van der Waals surface area contributed by atoms with Gasteiger partial charge >= 0.3 is 0 Å². The molecule has 0 saturated carbocycles. The SMILES string of the molecule is O=C(Cc1c[nH]c2ccccc12)N1CCCC(c2cncc(-n3ccnc3)n2)C1. The van der Waals surface area contributed by atoms with E-state index in [9.17, 15) is 4.79 Å². The predicted octanol–water partition coefficient (Wildman–Crippen LogP) is 3.09. The Bertz CT molecular complexity index is 1130. The Kier molecular flexibility index (Phi) is 4.56. The monoisotopic (exact) mass is 386 g/mol. The summed E-state index contributed by atoms with van der Waals surface area (Å²) in [5.41, 5.74) is 3.05. The first-order chi connectivity index (χ1) is 14.3. The zero-order chi connectivity index (χ0) is 19.6. The van der Waals surface area contributed by atoms with Crippen molar-refractivity contribution in [1.82, 2.24) is 29.4 Å². The van der Waals surface area contributed by atoms with Crippen LogP contribution in [-0.4, -0.2) is 48.4 Å². The highest BCUT2D eigenvalue weighted by Gasteiger charge is 2.26. The minimum Gasteiger partial charge on any atom is -0.361 e. The maximum Gasteiger partial charge on any atom is 0.227 e. The Hall–Kier alpha value is -3.48. The number of H-pyrrole nitrogens is 1. The number of para-hydroxylation sites is 1. The second kappa shape index (κ2) is 7.50. The largest absolute Gasteiger partial charge is 0.361 e. The van der Waals surface area contributed by atoms with Crippen LogP contribution in [-0.2, 0) is 11.2 Å². The lowest BCUT2D eigenvalue weighted by molar-refractivity contribution is -0.131. The molecule has 1 aromatic carbocycles. The zero-order valence-electron chi connectivity index (χ0n) is 16.0. The lowest BCUT2D eigenvalue weighted by atomic mass is 9.94. The number of imidazole rings is 1. The first kappa shape index (κ1) is 17.6. The van der Waals surface area contributed by atoms with E-state index in [0.717, 1.165) is 47.4 Å². The highest BCUT2D eigenvalue weighted by molar-refractivity contribution is 5.88. The molecule has 3 aromatic heterocycles. The van der Waals surface area contributed by atoms with Gasteiger partial charge in [0.15, 0.2) is 5.82 Å². The van der Waals surface area contributed by atoms with Crippen LogP contribution in [0.5, 0.6) is 0 Å². The number of hydrogen-bond donors (Lipinski definition) is 1. The van der Waals surface area contributed by atoms with Crippen molar-refractivity contribution >= 4 is 16.8 Å². The summed E-state index contributed by atoms with van der Waals surface area (Å²) in [6.07, 6.45) is 13.2. The summed E-state index contributed by atoms with van der Waals surface area (Å²) in [7, 11) is 0. The zero-order valence-corrected chi connectivity index (χ0v) is 16.0.